The van der Waals surface area contributed by atoms with E-state index in [4.69, 9.17) is 12.2 Å². The number of anilines is 2. The second kappa shape index (κ2) is 6.37. The molecule has 3 rings (SSSR count). The van der Waals surface area contributed by atoms with Crippen molar-refractivity contribution in [1.29, 1.82) is 0 Å². The summed E-state index contributed by atoms with van der Waals surface area (Å²) in [5.74, 6) is -2.48. The zero-order valence-electron chi connectivity index (χ0n) is 11.6. The molecule has 1 aliphatic heterocycles. The Balaban J connectivity index is 1.91. The maximum Gasteiger partial charge on any atom is 0.149 e. The van der Waals surface area contributed by atoms with Gasteiger partial charge in [-0.15, -0.1) is 0 Å². The molecule has 0 aromatic heterocycles. The Morgan fingerprint density at radius 1 is 0.870 bits per heavy atom. The number of hydrogen-bond donors (Lipinski definition) is 0. The van der Waals surface area contributed by atoms with Crippen molar-refractivity contribution in [3.05, 3.63) is 59.7 Å². The summed E-state index contributed by atoms with van der Waals surface area (Å²) >= 11 is 6.42. The van der Waals surface area contributed by atoms with Crippen molar-refractivity contribution in [3.8, 4) is 0 Å². The minimum atomic E-state index is -0.755. The molecule has 2 nitrogen and oxygen atoms in total. The molecule has 120 valence electrons. The Morgan fingerprint density at radius 2 is 1.43 bits per heavy atom. The van der Waals surface area contributed by atoms with Crippen LogP contribution < -0.4 is 9.80 Å². The first kappa shape index (κ1) is 16.1. The summed E-state index contributed by atoms with van der Waals surface area (Å²) in [6.07, 6.45) is 0. The molecule has 1 fully saturated rings. The lowest BCUT2D eigenvalue weighted by Gasteiger charge is -2.38. The largest absolute Gasteiger partial charge is 0.341 e. The Morgan fingerprint density at radius 3 is 2.00 bits per heavy atom. The van der Waals surface area contributed by atoms with Gasteiger partial charge >= 0.3 is 0 Å². The molecule has 0 atom stereocenters. The lowest BCUT2D eigenvalue weighted by atomic mass is 10.2. The fourth-order valence-corrected chi connectivity index (χ4v) is 3.35. The van der Waals surface area contributed by atoms with Crippen LogP contribution in [0, 0.1) is 23.3 Å². The Kier molecular flexibility index (Phi) is 4.45. The van der Waals surface area contributed by atoms with E-state index >= 15 is 0 Å². The van der Waals surface area contributed by atoms with Gasteiger partial charge in [-0.25, -0.2) is 17.6 Å². The van der Waals surface area contributed by atoms with Gasteiger partial charge in [0.25, 0.3) is 0 Å². The highest BCUT2D eigenvalue weighted by Gasteiger charge is 2.26. The van der Waals surface area contributed by atoms with Gasteiger partial charge in [-0.05, 0) is 24.3 Å². The summed E-state index contributed by atoms with van der Waals surface area (Å²) in [5, 5.41) is 0. The van der Waals surface area contributed by atoms with E-state index in [2.05, 4.69) is 0 Å². The van der Waals surface area contributed by atoms with Gasteiger partial charge in [0.2, 0.25) is 0 Å². The highest BCUT2D eigenvalue weighted by molar-refractivity contribution is 8.23. The molecule has 1 aliphatic rings. The van der Waals surface area contributed by atoms with Gasteiger partial charge in [0.1, 0.15) is 27.6 Å². The van der Waals surface area contributed by atoms with Crippen molar-refractivity contribution in [2.75, 3.05) is 22.3 Å². The van der Waals surface area contributed by atoms with Crippen LogP contribution in [0.3, 0.4) is 0 Å². The smallest absolute Gasteiger partial charge is 0.149 e. The summed E-state index contributed by atoms with van der Waals surface area (Å²) < 4.78 is 54.4. The van der Waals surface area contributed by atoms with Gasteiger partial charge < -0.3 is 9.80 Å². The normalized spacial score (nSPS) is 15.2. The van der Waals surface area contributed by atoms with Crippen molar-refractivity contribution in [2.45, 2.75) is 0 Å². The van der Waals surface area contributed by atoms with E-state index in [1.807, 2.05) is 0 Å². The predicted octanol–water partition coefficient (Wildman–Crippen LogP) is 4.50. The van der Waals surface area contributed by atoms with Gasteiger partial charge in [-0.3, -0.25) is 0 Å². The van der Waals surface area contributed by atoms with E-state index in [0.29, 0.717) is 10.2 Å². The molecule has 0 N–H and O–H groups in total. The van der Waals surface area contributed by atoms with Crippen LogP contribution in [0.25, 0.3) is 0 Å². The second-order valence-corrected chi connectivity index (χ2v) is 6.42. The molecule has 1 heterocycles. The van der Waals surface area contributed by atoms with Gasteiger partial charge in [-0.2, -0.15) is 0 Å². The fraction of sp³-hybridized carbons (Fsp3) is 0.133. The maximum absolute atomic E-state index is 14.0. The molecule has 2 aromatic rings. The molecule has 0 saturated carbocycles. The molecular weight excluding hydrogens is 348 g/mol. The van der Waals surface area contributed by atoms with Crippen LogP contribution >= 0.6 is 24.0 Å². The molecular formula is C15H10F4N2S2. The van der Waals surface area contributed by atoms with E-state index in [0.717, 1.165) is 24.3 Å². The number of nitrogens with zero attached hydrogens (tertiary/aromatic N) is 2. The van der Waals surface area contributed by atoms with Crippen LogP contribution in [0.1, 0.15) is 0 Å². The van der Waals surface area contributed by atoms with Crippen LogP contribution in [-0.4, -0.2) is 16.9 Å². The van der Waals surface area contributed by atoms with Crippen LogP contribution in [0.4, 0.5) is 28.9 Å². The summed E-state index contributed by atoms with van der Waals surface area (Å²) in [7, 11) is 0. The van der Waals surface area contributed by atoms with Gasteiger partial charge in [0.15, 0.2) is 0 Å². The summed E-state index contributed by atoms with van der Waals surface area (Å²) in [6.45, 7) is 0.0803. The lowest BCUT2D eigenvalue weighted by molar-refractivity contribution is 0.578. The number of halogens is 4. The number of benzene rings is 2. The Bertz CT molecular complexity index is 769. The van der Waals surface area contributed by atoms with Crippen LogP contribution in [0.15, 0.2) is 36.4 Å². The second-order valence-electron chi connectivity index (χ2n) is 4.84. The third kappa shape index (κ3) is 3.28. The first-order chi connectivity index (χ1) is 11.0. The molecule has 1 saturated heterocycles. The lowest BCUT2D eigenvalue weighted by Crippen LogP contribution is -2.45. The van der Waals surface area contributed by atoms with E-state index in [9.17, 15) is 17.6 Å². The third-order valence-corrected chi connectivity index (χ3v) is 4.81. The zero-order chi connectivity index (χ0) is 16.6. The number of thioether (sulfide) groups is 1. The summed E-state index contributed by atoms with van der Waals surface area (Å²) in [6, 6.07) is 6.43. The molecule has 23 heavy (non-hydrogen) atoms. The summed E-state index contributed by atoms with van der Waals surface area (Å²) in [5.41, 5.74) is 0.296. The Hall–Kier alpha value is -1.80. The van der Waals surface area contributed by atoms with Gasteiger partial charge in [0, 0.05) is 12.1 Å². The van der Waals surface area contributed by atoms with Crippen LogP contribution in [-0.2, 0) is 0 Å². The van der Waals surface area contributed by atoms with E-state index < -0.39 is 23.3 Å². The number of thiocarbonyl (C=S) groups is 1. The molecule has 0 amide bonds. The van der Waals surface area contributed by atoms with E-state index in [-0.39, 0.29) is 18.0 Å². The minimum Gasteiger partial charge on any atom is -0.341 e. The van der Waals surface area contributed by atoms with Crippen molar-refractivity contribution < 1.29 is 17.6 Å². The first-order valence-corrected chi connectivity index (χ1v) is 7.94. The predicted molar refractivity (Wildman–Crippen MR) is 87.6 cm³/mol. The topological polar surface area (TPSA) is 6.48 Å². The monoisotopic (exact) mass is 358 g/mol. The average Bonchev–Trinajstić information content (AvgIpc) is 2.49. The van der Waals surface area contributed by atoms with Gasteiger partial charge in [0.05, 0.1) is 23.9 Å². The van der Waals surface area contributed by atoms with Crippen LogP contribution in [0.5, 0.6) is 0 Å². The fourth-order valence-electron chi connectivity index (χ4n) is 2.24. The quantitative estimate of drug-likeness (QED) is 0.576. The standard InChI is InChI=1S/C15H10F4N2S2/c16-9-1-3-13(11(18)5-9)20-7-21(15(22)23-8-20)14-4-2-10(17)6-12(14)19/h1-6H,7-8H2. The molecule has 0 spiro atoms. The zero-order valence-corrected chi connectivity index (χ0v) is 13.2. The highest BCUT2D eigenvalue weighted by Crippen LogP contribution is 2.31. The maximum atomic E-state index is 14.0. The third-order valence-electron chi connectivity index (χ3n) is 3.33. The molecule has 0 bridgehead atoms. The highest BCUT2D eigenvalue weighted by atomic mass is 32.2. The van der Waals surface area contributed by atoms with Crippen molar-refractivity contribution >= 4 is 39.7 Å². The van der Waals surface area contributed by atoms with Crippen molar-refractivity contribution in [3.63, 3.8) is 0 Å². The molecule has 0 radical (unpaired) electrons. The molecule has 8 heteroatoms. The van der Waals surface area contributed by atoms with E-state index in [1.54, 1.807) is 4.90 Å². The number of hydrogen-bond acceptors (Lipinski definition) is 3. The molecule has 0 unspecified atom stereocenters. The van der Waals surface area contributed by atoms with Crippen LogP contribution in [0.2, 0.25) is 0 Å². The summed E-state index contributed by atoms with van der Waals surface area (Å²) in [4.78, 5) is 3.04. The van der Waals surface area contributed by atoms with E-state index in [1.165, 1.54) is 28.8 Å². The van der Waals surface area contributed by atoms with Gasteiger partial charge in [-0.1, -0.05) is 24.0 Å². The average molecular weight is 358 g/mol. The van der Waals surface area contributed by atoms with Crippen molar-refractivity contribution in [1.82, 2.24) is 0 Å². The first-order valence-electron chi connectivity index (χ1n) is 6.55. The molecule has 2 aromatic carbocycles. The Labute approximate surface area is 139 Å². The number of rotatable bonds is 2. The van der Waals surface area contributed by atoms with Crippen molar-refractivity contribution in [2.24, 2.45) is 0 Å². The SMILES string of the molecule is Fc1ccc(N2CSC(=S)N(c3ccc(F)cc3F)C2)c(F)c1. The molecule has 0 aliphatic carbocycles. The minimum absolute atomic E-state index is 0.0803.